The molecule has 0 saturated heterocycles. The molecule has 0 saturated carbocycles. The van der Waals surface area contributed by atoms with Crippen LogP contribution in [0.3, 0.4) is 0 Å². The number of benzene rings is 1. The maximum atomic E-state index is 10.4. The molecule has 2 aromatic rings. The quantitative estimate of drug-likeness (QED) is 0.563. The smallest absolute Gasteiger partial charge is 0.171 e. The van der Waals surface area contributed by atoms with Gasteiger partial charge < -0.3 is 0 Å². The van der Waals surface area contributed by atoms with Crippen molar-refractivity contribution in [3.05, 3.63) is 47.8 Å². The molecule has 4 nitrogen and oxygen atoms in total. The van der Waals surface area contributed by atoms with Gasteiger partial charge in [-0.1, -0.05) is 35.5 Å². The molecule has 0 aliphatic rings. The number of nitrogens with zero attached hydrogens (tertiary/aromatic N) is 3. The minimum Gasteiger partial charge on any atom is -0.296 e. The number of aromatic nitrogens is 3. The minimum atomic E-state index is 0.396. The molecule has 1 aromatic carbocycles. The average molecular weight is 229 g/mol. The number of hydrogen-bond donors (Lipinski definition) is 0. The molecular formula is C13H15N3O. The first-order valence-corrected chi connectivity index (χ1v) is 5.78. The van der Waals surface area contributed by atoms with Gasteiger partial charge in [0.05, 0.1) is 6.20 Å². The summed E-state index contributed by atoms with van der Waals surface area (Å²) >= 11 is 0. The Bertz CT molecular complexity index is 465. The fraction of sp³-hybridized carbons (Fsp3) is 0.308. The van der Waals surface area contributed by atoms with E-state index in [0.717, 1.165) is 25.8 Å². The minimum absolute atomic E-state index is 0.396. The summed E-state index contributed by atoms with van der Waals surface area (Å²) in [6.07, 6.45) is 5.62. The van der Waals surface area contributed by atoms with Gasteiger partial charge in [0.15, 0.2) is 6.29 Å². The normalized spacial score (nSPS) is 10.4. The maximum Gasteiger partial charge on any atom is 0.171 e. The van der Waals surface area contributed by atoms with Gasteiger partial charge in [-0.3, -0.25) is 9.48 Å². The second kappa shape index (κ2) is 5.94. The highest BCUT2D eigenvalue weighted by Gasteiger charge is 1.98. The second-order valence-corrected chi connectivity index (χ2v) is 3.97. The Morgan fingerprint density at radius 3 is 2.71 bits per heavy atom. The zero-order chi connectivity index (χ0) is 11.9. The van der Waals surface area contributed by atoms with E-state index in [1.165, 1.54) is 5.56 Å². The van der Waals surface area contributed by atoms with E-state index < -0.39 is 0 Å². The molecule has 0 amide bonds. The van der Waals surface area contributed by atoms with E-state index in [2.05, 4.69) is 34.6 Å². The van der Waals surface area contributed by atoms with Crippen LogP contribution in [0.15, 0.2) is 36.5 Å². The molecule has 0 spiro atoms. The predicted molar refractivity (Wildman–Crippen MR) is 64.8 cm³/mol. The first-order chi connectivity index (χ1) is 8.38. The highest BCUT2D eigenvalue weighted by molar-refractivity contribution is 5.70. The second-order valence-electron chi connectivity index (χ2n) is 3.97. The van der Waals surface area contributed by atoms with Gasteiger partial charge in [0.2, 0.25) is 0 Å². The Morgan fingerprint density at radius 1 is 1.18 bits per heavy atom. The summed E-state index contributed by atoms with van der Waals surface area (Å²) in [4.78, 5) is 10.4. The van der Waals surface area contributed by atoms with Crippen LogP contribution in [0.4, 0.5) is 0 Å². The molecule has 1 heterocycles. The first kappa shape index (κ1) is 11.5. The van der Waals surface area contributed by atoms with Crippen molar-refractivity contribution in [3.63, 3.8) is 0 Å². The monoisotopic (exact) mass is 229 g/mol. The van der Waals surface area contributed by atoms with E-state index in [-0.39, 0.29) is 0 Å². The number of aldehydes is 1. The summed E-state index contributed by atoms with van der Waals surface area (Å²) < 4.78 is 1.72. The Morgan fingerprint density at radius 2 is 2.00 bits per heavy atom. The lowest BCUT2D eigenvalue weighted by molar-refractivity contribution is 0.111. The fourth-order valence-corrected chi connectivity index (χ4v) is 1.72. The van der Waals surface area contributed by atoms with Crippen molar-refractivity contribution in [1.29, 1.82) is 0 Å². The molecule has 2 rings (SSSR count). The summed E-state index contributed by atoms with van der Waals surface area (Å²) in [5, 5.41) is 7.58. The van der Waals surface area contributed by atoms with Crippen molar-refractivity contribution in [2.75, 3.05) is 0 Å². The van der Waals surface area contributed by atoms with Crippen LogP contribution in [0.25, 0.3) is 0 Å². The van der Waals surface area contributed by atoms with Gasteiger partial charge in [0.25, 0.3) is 0 Å². The highest BCUT2D eigenvalue weighted by Crippen LogP contribution is 2.05. The van der Waals surface area contributed by atoms with E-state index in [0.29, 0.717) is 12.0 Å². The van der Waals surface area contributed by atoms with Crippen LogP contribution in [0, 0.1) is 0 Å². The first-order valence-electron chi connectivity index (χ1n) is 5.78. The molecular weight excluding hydrogens is 214 g/mol. The van der Waals surface area contributed by atoms with Gasteiger partial charge in [-0.25, -0.2) is 0 Å². The van der Waals surface area contributed by atoms with Gasteiger partial charge in [-0.2, -0.15) is 0 Å². The van der Waals surface area contributed by atoms with Crippen molar-refractivity contribution >= 4 is 6.29 Å². The lowest BCUT2D eigenvalue weighted by Gasteiger charge is -2.01. The molecule has 17 heavy (non-hydrogen) atoms. The van der Waals surface area contributed by atoms with Crippen LogP contribution in [0.1, 0.15) is 28.9 Å². The van der Waals surface area contributed by atoms with Gasteiger partial charge in [-0.15, -0.1) is 5.10 Å². The molecule has 1 aromatic heterocycles. The fourth-order valence-electron chi connectivity index (χ4n) is 1.72. The lowest BCUT2D eigenvalue weighted by Crippen LogP contribution is -1.99. The molecule has 0 bridgehead atoms. The van der Waals surface area contributed by atoms with E-state index in [9.17, 15) is 4.79 Å². The number of aryl methyl sites for hydroxylation is 2. The van der Waals surface area contributed by atoms with Crippen LogP contribution in [0.5, 0.6) is 0 Å². The molecule has 4 heteroatoms. The van der Waals surface area contributed by atoms with E-state index in [1.54, 1.807) is 10.9 Å². The molecule has 0 N–H and O–H groups in total. The van der Waals surface area contributed by atoms with Gasteiger partial charge in [0, 0.05) is 6.54 Å². The van der Waals surface area contributed by atoms with Crippen molar-refractivity contribution in [1.82, 2.24) is 15.0 Å². The van der Waals surface area contributed by atoms with E-state index in [1.807, 2.05) is 6.07 Å². The Hall–Kier alpha value is -1.97. The largest absolute Gasteiger partial charge is 0.296 e. The van der Waals surface area contributed by atoms with E-state index >= 15 is 0 Å². The zero-order valence-electron chi connectivity index (χ0n) is 9.62. The number of carbonyl (C=O) groups is 1. The standard InChI is InChI=1S/C13H15N3O/c17-11-13-10-16(15-14-13)9-5-4-8-12-6-2-1-3-7-12/h1-3,6-7,10-11H,4-5,8-9H2. The predicted octanol–water partition coefficient (Wildman–Crippen LogP) is 2.11. The third-order valence-electron chi connectivity index (χ3n) is 2.62. The Balaban J connectivity index is 1.71. The zero-order valence-corrected chi connectivity index (χ0v) is 9.62. The lowest BCUT2D eigenvalue weighted by atomic mass is 10.1. The molecule has 0 aliphatic heterocycles. The number of unbranched alkanes of at least 4 members (excludes halogenated alkanes) is 1. The topological polar surface area (TPSA) is 47.8 Å². The number of carbonyl (C=O) groups excluding carboxylic acids is 1. The van der Waals surface area contributed by atoms with Crippen LogP contribution in [-0.2, 0) is 13.0 Å². The van der Waals surface area contributed by atoms with Gasteiger partial charge in [-0.05, 0) is 24.8 Å². The van der Waals surface area contributed by atoms with Crippen molar-refractivity contribution in [2.45, 2.75) is 25.8 Å². The number of hydrogen-bond acceptors (Lipinski definition) is 3. The summed E-state index contributed by atoms with van der Waals surface area (Å²) in [6, 6.07) is 10.4. The summed E-state index contributed by atoms with van der Waals surface area (Å²) in [6.45, 7) is 0.813. The average Bonchev–Trinajstić information content (AvgIpc) is 2.84. The highest BCUT2D eigenvalue weighted by atomic mass is 16.1. The summed E-state index contributed by atoms with van der Waals surface area (Å²) in [7, 11) is 0. The molecule has 0 fully saturated rings. The summed E-state index contributed by atoms with van der Waals surface area (Å²) in [5.74, 6) is 0. The van der Waals surface area contributed by atoms with Crippen LogP contribution in [0.2, 0.25) is 0 Å². The Labute approximate surface area is 100 Å². The van der Waals surface area contributed by atoms with Crippen molar-refractivity contribution in [2.24, 2.45) is 0 Å². The van der Waals surface area contributed by atoms with Crippen LogP contribution < -0.4 is 0 Å². The van der Waals surface area contributed by atoms with Gasteiger partial charge >= 0.3 is 0 Å². The van der Waals surface area contributed by atoms with Crippen molar-refractivity contribution in [3.8, 4) is 0 Å². The van der Waals surface area contributed by atoms with E-state index in [4.69, 9.17) is 0 Å². The van der Waals surface area contributed by atoms with Crippen molar-refractivity contribution < 1.29 is 4.79 Å². The third kappa shape index (κ3) is 3.52. The molecule has 88 valence electrons. The SMILES string of the molecule is O=Cc1cn(CCCCc2ccccc2)nn1. The molecule has 0 radical (unpaired) electrons. The Kier molecular flexibility index (Phi) is 4.02. The third-order valence-corrected chi connectivity index (χ3v) is 2.62. The maximum absolute atomic E-state index is 10.4. The summed E-state index contributed by atoms with van der Waals surface area (Å²) in [5.41, 5.74) is 1.76. The van der Waals surface area contributed by atoms with Crippen LogP contribution >= 0.6 is 0 Å². The molecule has 0 atom stereocenters. The molecule has 0 aliphatic carbocycles. The number of rotatable bonds is 6. The van der Waals surface area contributed by atoms with Gasteiger partial charge in [0.1, 0.15) is 5.69 Å². The van der Waals surface area contributed by atoms with Crippen LogP contribution in [-0.4, -0.2) is 21.3 Å². The molecule has 0 unspecified atom stereocenters.